The summed E-state index contributed by atoms with van der Waals surface area (Å²) in [5.74, 6) is 0.0487. The van der Waals surface area contributed by atoms with Gasteiger partial charge in [0.15, 0.2) is 0 Å². The first-order valence-corrected chi connectivity index (χ1v) is 10.6. The Morgan fingerprint density at radius 2 is 1.81 bits per heavy atom. The summed E-state index contributed by atoms with van der Waals surface area (Å²) in [4.78, 5) is 18.4. The first-order valence-electron chi connectivity index (χ1n) is 9.19. The minimum absolute atomic E-state index is 0.0487. The maximum Gasteiger partial charge on any atom is 0.243 e. The van der Waals surface area contributed by atoms with Crippen LogP contribution in [0.4, 0.5) is 0 Å². The van der Waals surface area contributed by atoms with Crippen LogP contribution in [0, 0.1) is 0 Å². The zero-order valence-electron chi connectivity index (χ0n) is 15.5. The minimum atomic E-state index is -3.38. The highest BCUT2D eigenvalue weighted by Gasteiger charge is 2.26. The van der Waals surface area contributed by atoms with Crippen LogP contribution < -0.4 is 0 Å². The summed E-state index contributed by atoms with van der Waals surface area (Å²) in [6.07, 6.45) is 6.27. The summed E-state index contributed by atoms with van der Waals surface area (Å²) >= 11 is 0. The smallest absolute Gasteiger partial charge is 0.243 e. The van der Waals surface area contributed by atoms with E-state index in [-0.39, 0.29) is 5.91 Å². The van der Waals surface area contributed by atoms with Crippen LogP contribution in [0.3, 0.4) is 0 Å². The van der Waals surface area contributed by atoms with E-state index in [0.29, 0.717) is 37.4 Å². The molecule has 2 heterocycles. The fourth-order valence-corrected chi connectivity index (χ4v) is 4.72. The van der Waals surface area contributed by atoms with E-state index in [1.54, 1.807) is 52.9 Å². The number of aromatic nitrogens is 1. The Morgan fingerprint density at radius 3 is 2.44 bits per heavy atom. The molecule has 0 bridgehead atoms. The van der Waals surface area contributed by atoms with Crippen molar-refractivity contribution in [1.29, 1.82) is 0 Å². The molecular formula is C20H25N3O3S. The Labute approximate surface area is 160 Å². The summed E-state index contributed by atoms with van der Waals surface area (Å²) in [5, 5.41) is 0. The molecule has 0 spiro atoms. The van der Waals surface area contributed by atoms with Gasteiger partial charge < -0.3 is 4.90 Å². The van der Waals surface area contributed by atoms with E-state index in [4.69, 9.17) is 0 Å². The van der Waals surface area contributed by atoms with Crippen LogP contribution in [-0.2, 0) is 27.8 Å². The number of aryl methyl sites for hydroxylation is 1. The lowest BCUT2D eigenvalue weighted by Crippen LogP contribution is -2.27. The van der Waals surface area contributed by atoms with Gasteiger partial charge >= 0.3 is 0 Å². The number of rotatable bonds is 7. The standard InChI is InChI=1S/C20H25N3O3S/c1-22(16-18-5-4-12-21-15-18)20(24)11-8-17-6-9-19(10-7-17)27(25,26)23-13-2-3-14-23/h4-7,9-10,12,15H,2-3,8,11,13-14,16H2,1H3. The van der Waals surface area contributed by atoms with Crippen LogP contribution in [0.25, 0.3) is 0 Å². The molecule has 3 rings (SSSR count). The van der Waals surface area contributed by atoms with Gasteiger partial charge in [-0.2, -0.15) is 4.31 Å². The lowest BCUT2D eigenvalue weighted by molar-refractivity contribution is -0.130. The number of pyridine rings is 1. The van der Waals surface area contributed by atoms with Crippen molar-refractivity contribution < 1.29 is 13.2 Å². The third-order valence-electron chi connectivity index (χ3n) is 4.82. The molecule has 1 aliphatic heterocycles. The largest absolute Gasteiger partial charge is 0.341 e. The second-order valence-electron chi connectivity index (χ2n) is 6.87. The molecular weight excluding hydrogens is 362 g/mol. The molecule has 7 heteroatoms. The molecule has 0 unspecified atom stereocenters. The number of benzene rings is 1. The summed E-state index contributed by atoms with van der Waals surface area (Å²) < 4.78 is 26.6. The summed E-state index contributed by atoms with van der Waals surface area (Å²) in [5.41, 5.74) is 1.95. The van der Waals surface area contributed by atoms with E-state index in [2.05, 4.69) is 4.98 Å². The zero-order chi connectivity index (χ0) is 19.3. The summed E-state index contributed by atoms with van der Waals surface area (Å²) in [6.45, 7) is 1.73. The lowest BCUT2D eigenvalue weighted by Gasteiger charge is -2.17. The number of hydrogen-bond acceptors (Lipinski definition) is 4. The van der Waals surface area contributed by atoms with Crippen molar-refractivity contribution in [3.05, 3.63) is 59.9 Å². The van der Waals surface area contributed by atoms with E-state index >= 15 is 0 Å². The predicted octanol–water partition coefficient (Wildman–Crippen LogP) is 2.46. The Kier molecular flexibility index (Phi) is 6.23. The second-order valence-corrected chi connectivity index (χ2v) is 8.80. The van der Waals surface area contributed by atoms with Crippen LogP contribution in [0.2, 0.25) is 0 Å². The highest BCUT2D eigenvalue weighted by atomic mass is 32.2. The van der Waals surface area contributed by atoms with Crippen LogP contribution in [0.5, 0.6) is 0 Å². The molecule has 27 heavy (non-hydrogen) atoms. The van der Waals surface area contributed by atoms with Gasteiger partial charge in [0.1, 0.15) is 0 Å². The van der Waals surface area contributed by atoms with Crippen molar-refractivity contribution >= 4 is 15.9 Å². The van der Waals surface area contributed by atoms with Crippen molar-refractivity contribution in [1.82, 2.24) is 14.2 Å². The molecule has 1 aromatic carbocycles. The monoisotopic (exact) mass is 387 g/mol. The Morgan fingerprint density at radius 1 is 1.11 bits per heavy atom. The van der Waals surface area contributed by atoms with Crippen molar-refractivity contribution in [3.8, 4) is 0 Å². The quantitative estimate of drug-likeness (QED) is 0.732. The molecule has 0 atom stereocenters. The van der Waals surface area contributed by atoms with Gasteiger partial charge in [-0.25, -0.2) is 8.42 Å². The number of nitrogens with zero attached hydrogens (tertiary/aromatic N) is 3. The summed E-state index contributed by atoms with van der Waals surface area (Å²) in [6, 6.07) is 10.7. The molecule has 0 aliphatic carbocycles. The first kappa shape index (κ1) is 19.5. The number of carbonyl (C=O) groups is 1. The third-order valence-corrected chi connectivity index (χ3v) is 6.73. The Hall–Kier alpha value is -2.25. The van der Waals surface area contributed by atoms with Gasteiger partial charge in [0.05, 0.1) is 4.90 Å². The molecule has 1 amide bonds. The fourth-order valence-electron chi connectivity index (χ4n) is 3.20. The first-order chi connectivity index (χ1) is 13.0. The number of carbonyl (C=O) groups excluding carboxylic acids is 1. The van der Waals surface area contributed by atoms with Crippen molar-refractivity contribution in [2.75, 3.05) is 20.1 Å². The van der Waals surface area contributed by atoms with Crippen molar-refractivity contribution in [3.63, 3.8) is 0 Å². The Balaban J connectivity index is 1.54. The molecule has 0 radical (unpaired) electrons. The number of amides is 1. The normalized spacial score (nSPS) is 15.0. The van der Waals surface area contributed by atoms with Gasteiger partial charge in [-0.15, -0.1) is 0 Å². The fraction of sp³-hybridized carbons (Fsp3) is 0.400. The van der Waals surface area contributed by atoms with Gasteiger partial charge in [-0.3, -0.25) is 9.78 Å². The molecule has 1 aromatic heterocycles. The topological polar surface area (TPSA) is 70.6 Å². The molecule has 1 saturated heterocycles. The lowest BCUT2D eigenvalue weighted by atomic mass is 10.1. The Bertz CT molecular complexity index is 861. The number of sulfonamides is 1. The van der Waals surface area contributed by atoms with Crippen LogP contribution in [0.1, 0.15) is 30.4 Å². The minimum Gasteiger partial charge on any atom is -0.341 e. The maximum atomic E-state index is 12.5. The highest BCUT2D eigenvalue weighted by molar-refractivity contribution is 7.89. The van der Waals surface area contributed by atoms with Crippen LogP contribution in [-0.4, -0.2) is 48.7 Å². The van der Waals surface area contributed by atoms with Crippen LogP contribution in [0.15, 0.2) is 53.7 Å². The van der Waals surface area contributed by atoms with E-state index in [1.165, 1.54) is 0 Å². The van der Waals surface area contributed by atoms with Gasteiger partial charge in [0.2, 0.25) is 15.9 Å². The van der Waals surface area contributed by atoms with Gasteiger partial charge in [0.25, 0.3) is 0 Å². The van der Waals surface area contributed by atoms with Crippen LogP contribution >= 0.6 is 0 Å². The predicted molar refractivity (Wildman–Crippen MR) is 103 cm³/mol. The molecule has 144 valence electrons. The molecule has 1 fully saturated rings. The molecule has 1 aliphatic rings. The van der Waals surface area contributed by atoms with Gasteiger partial charge in [-0.05, 0) is 48.6 Å². The molecule has 0 saturated carbocycles. The zero-order valence-corrected chi connectivity index (χ0v) is 16.4. The average Bonchev–Trinajstić information content (AvgIpc) is 3.23. The molecule has 2 aromatic rings. The van der Waals surface area contributed by atoms with Crippen molar-refractivity contribution in [2.45, 2.75) is 37.1 Å². The van der Waals surface area contributed by atoms with Gasteiger partial charge in [0, 0.05) is 45.5 Å². The van der Waals surface area contributed by atoms with E-state index < -0.39 is 10.0 Å². The van der Waals surface area contributed by atoms with E-state index in [0.717, 1.165) is 24.0 Å². The average molecular weight is 388 g/mol. The highest BCUT2D eigenvalue weighted by Crippen LogP contribution is 2.21. The second kappa shape index (κ2) is 8.63. The number of hydrogen-bond donors (Lipinski definition) is 0. The van der Waals surface area contributed by atoms with E-state index in [1.807, 2.05) is 12.1 Å². The maximum absolute atomic E-state index is 12.5. The van der Waals surface area contributed by atoms with Crippen molar-refractivity contribution in [2.24, 2.45) is 0 Å². The van der Waals surface area contributed by atoms with Gasteiger partial charge in [-0.1, -0.05) is 18.2 Å². The molecule has 0 N–H and O–H groups in total. The SMILES string of the molecule is CN(Cc1cccnc1)C(=O)CCc1ccc(S(=O)(=O)N2CCCC2)cc1. The van der Waals surface area contributed by atoms with E-state index in [9.17, 15) is 13.2 Å². The molecule has 6 nitrogen and oxygen atoms in total. The summed E-state index contributed by atoms with van der Waals surface area (Å²) in [7, 11) is -1.60. The third kappa shape index (κ3) is 4.93.